The van der Waals surface area contributed by atoms with Gasteiger partial charge < -0.3 is 10.6 Å². The number of amides is 2. The maximum atomic E-state index is 12.4. The van der Waals surface area contributed by atoms with E-state index in [1.54, 1.807) is 6.07 Å². The molecule has 1 aliphatic rings. The van der Waals surface area contributed by atoms with Crippen LogP contribution in [0, 0.1) is 0 Å². The second-order valence-electron chi connectivity index (χ2n) is 5.43. The highest BCUT2D eigenvalue weighted by Gasteiger charge is 2.31. The minimum absolute atomic E-state index is 0.00904. The molecule has 2 heterocycles. The molecule has 0 radical (unpaired) electrons. The zero-order valence-electron chi connectivity index (χ0n) is 12.3. The average Bonchev–Trinajstić information content (AvgIpc) is 2.57. The van der Waals surface area contributed by atoms with Gasteiger partial charge in [-0.15, -0.1) is 0 Å². The molecule has 5 nitrogen and oxygen atoms in total. The summed E-state index contributed by atoms with van der Waals surface area (Å²) in [4.78, 5) is 28.2. The van der Waals surface area contributed by atoms with Gasteiger partial charge in [-0.25, -0.2) is 0 Å². The highest BCUT2D eigenvalue weighted by Crippen LogP contribution is 2.24. The van der Waals surface area contributed by atoms with E-state index in [9.17, 15) is 9.59 Å². The number of halogens is 1. The summed E-state index contributed by atoms with van der Waals surface area (Å²) in [7, 11) is 0. The number of nitrogens with one attached hydrogen (secondary N) is 2. The van der Waals surface area contributed by atoms with E-state index in [1.807, 2.05) is 30.3 Å². The number of aromatic nitrogens is 1. The molecule has 1 aliphatic heterocycles. The summed E-state index contributed by atoms with van der Waals surface area (Å²) in [6, 6.07) is 12.3. The molecule has 2 atom stereocenters. The van der Waals surface area contributed by atoms with Crippen LogP contribution in [-0.2, 0) is 4.79 Å². The van der Waals surface area contributed by atoms with Crippen LogP contribution in [0.25, 0.3) is 0 Å². The molecule has 6 heteroatoms. The summed E-state index contributed by atoms with van der Waals surface area (Å²) in [5, 5.41) is 6.37. The van der Waals surface area contributed by atoms with Crippen LogP contribution in [-0.4, -0.2) is 22.8 Å². The fourth-order valence-corrected chi connectivity index (χ4v) is 2.86. The second-order valence-corrected chi connectivity index (χ2v) is 5.87. The van der Waals surface area contributed by atoms with Crippen LogP contribution in [0.5, 0.6) is 0 Å². The summed E-state index contributed by atoms with van der Waals surface area (Å²) >= 11 is 5.90. The van der Waals surface area contributed by atoms with E-state index in [4.69, 9.17) is 11.6 Å². The lowest BCUT2D eigenvalue weighted by molar-refractivity contribution is -0.123. The van der Waals surface area contributed by atoms with Gasteiger partial charge in [0.1, 0.15) is 5.69 Å². The van der Waals surface area contributed by atoms with Crippen LogP contribution >= 0.6 is 11.6 Å². The number of pyridine rings is 1. The average molecular weight is 330 g/mol. The van der Waals surface area contributed by atoms with Crippen molar-refractivity contribution in [3.05, 3.63) is 64.9 Å². The van der Waals surface area contributed by atoms with E-state index in [0.717, 1.165) is 5.56 Å². The largest absolute Gasteiger partial charge is 0.347 e. The Morgan fingerprint density at radius 3 is 2.78 bits per heavy atom. The lowest BCUT2D eigenvalue weighted by Crippen LogP contribution is -2.50. The third-order valence-corrected chi connectivity index (χ3v) is 4.07. The van der Waals surface area contributed by atoms with Crippen molar-refractivity contribution >= 4 is 23.4 Å². The quantitative estimate of drug-likeness (QED) is 0.908. The van der Waals surface area contributed by atoms with E-state index in [0.29, 0.717) is 17.9 Å². The van der Waals surface area contributed by atoms with Gasteiger partial charge in [-0.1, -0.05) is 41.9 Å². The van der Waals surface area contributed by atoms with Gasteiger partial charge in [-0.05, 0) is 24.1 Å². The lowest BCUT2D eigenvalue weighted by atomic mass is 9.92. The highest BCUT2D eigenvalue weighted by molar-refractivity contribution is 6.30. The number of hydrogen-bond donors (Lipinski definition) is 2. The fourth-order valence-electron chi connectivity index (χ4n) is 2.70. The smallest absolute Gasteiger partial charge is 0.270 e. The molecule has 118 valence electrons. The van der Waals surface area contributed by atoms with Crippen molar-refractivity contribution in [3.63, 3.8) is 0 Å². The maximum Gasteiger partial charge on any atom is 0.270 e. The molecule has 1 aromatic carbocycles. The van der Waals surface area contributed by atoms with E-state index in [1.165, 1.54) is 12.3 Å². The van der Waals surface area contributed by atoms with Gasteiger partial charge in [0, 0.05) is 17.6 Å². The molecule has 0 saturated carbocycles. The Bertz CT molecular complexity index is 721. The van der Waals surface area contributed by atoms with E-state index in [-0.39, 0.29) is 29.6 Å². The number of benzene rings is 1. The Morgan fingerprint density at radius 2 is 2.04 bits per heavy atom. The van der Waals surface area contributed by atoms with Gasteiger partial charge in [0.2, 0.25) is 5.91 Å². The Kier molecular flexibility index (Phi) is 4.57. The van der Waals surface area contributed by atoms with Crippen molar-refractivity contribution in [1.82, 2.24) is 15.6 Å². The number of carbonyl (C=O) groups is 2. The summed E-state index contributed by atoms with van der Waals surface area (Å²) in [6.07, 6.45) is 2.46. The molecule has 23 heavy (non-hydrogen) atoms. The Morgan fingerprint density at radius 1 is 1.26 bits per heavy atom. The van der Waals surface area contributed by atoms with E-state index < -0.39 is 0 Å². The van der Waals surface area contributed by atoms with Crippen molar-refractivity contribution in [3.8, 4) is 0 Å². The van der Waals surface area contributed by atoms with E-state index >= 15 is 0 Å². The molecule has 0 unspecified atom stereocenters. The standard InChI is InChI=1S/C17H16ClN3O2/c18-12-8-9-19-14(10-12)17(23)20-13-6-7-15(22)21-16(13)11-4-2-1-3-5-11/h1-5,8-10,13,16H,6-7H2,(H,20,23)(H,21,22)/t13-,16+/m1/s1. The summed E-state index contributed by atoms with van der Waals surface area (Å²) in [5.41, 5.74) is 1.23. The zero-order valence-corrected chi connectivity index (χ0v) is 13.1. The van der Waals surface area contributed by atoms with Crippen molar-refractivity contribution in [2.45, 2.75) is 24.9 Å². The van der Waals surface area contributed by atoms with Crippen molar-refractivity contribution < 1.29 is 9.59 Å². The van der Waals surface area contributed by atoms with Gasteiger partial charge in [0.15, 0.2) is 0 Å². The first-order valence-corrected chi connectivity index (χ1v) is 7.78. The monoisotopic (exact) mass is 329 g/mol. The fraction of sp³-hybridized carbons (Fsp3) is 0.235. The predicted octanol–water partition coefficient (Wildman–Crippen LogP) is 2.48. The maximum absolute atomic E-state index is 12.4. The van der Waals surface area contributed by atoms with Crippen LogP contribution in [0.4, 0.5) is 0 Å². The molecule has 0 aliphatic carbocycles. The summed E-state index contributed by atoms with van der Waals surface area (Å²) in [6.45, 7) is 0. The van der Waals surface area contributed by atoms with Crippen LogP contribution in [0.3, 0.4) is 0 Å². The molecule has 1 saturated heterocycles. The van der Waals surface area contributed by atoms with Gasteiger partial charge in [0.25, 0.3) is 5.91 Å². The first-order chi connectivity index (χ1) is 11.1. The minimum Gasteiger partial charge on any atom is -0.347 e. The van der Waals surface area contributed by atoms with Gasteiger partial charge in [-0.3, -0.25) is 14.6 Å². The molecule has 1 aromatic heterocycles. The Balaban J connectivity index is 1.79. The number of carbonyl (C=O) groups excluding carboxylic acids is 2. The molecule has 2 N–H and O–H groups in total. The molecule has 1 fully saturated rings. The molecule has 0 bridgehead atoms. The molecular weight excluding hydrogens is 314 g/mol. The lowest BCUT2D eigenvalue weighted by Gasteiger charge is -2.33. The van der Waals surface area contributed by atoms with Crippen LogP contribution in [0.15, 0.2) is 48.7 Å². The number of nitrogens with zero attached hydrogens (tertiary/aromatic N) is 1. The topological polar surface area (TPSA) is 71.1 Å². The molecule has 3 rings (SSSR count). The summed E-state index contributed by atoms with van der Waals surface area (Å²) < 4.78 is 0. The molecule has 2 amide bonds. The van der Waals surface area contributed by atoms with Crippen molar-refractivity contribution in [2.75, 3.05) is 0 Å². The normalized spacial score (nSPS) is 20.7. The van der Waals surface area contributed by atoms with Gasteiger partial charge in [-0.2, -0.15) is 0 Å². The minimum atomic E-state index is -0.297. The van der Waals surface area contributed by atoms with Crippen molar-refractivity contribution in [1.29, 1.82) is 0 Å². The van der Waals surface area contributed by atoms with Crippen LogP contribution < -0.4 is 10.6 Å². The van der Waals surface area contributed by atoms with Crippen LogP contribution in [0.1, 0.15) is 34.9 Å². The SMILES string of the molecule is O=C1CC[C@@H](NC(=O)c2cc(Cl)ccn2)[C@H](c2ccccc2)N1. The molecular formula is C17H16ClN3O2. The summed E-state index contributed by atoms with van der Waals surface area (Å²) in [5.74, 6) is -0.306. The van der Waals surface area contributed by atoms with Crippen molar-refractivity contribution in [2.24, 2.45) is 0 Å². The third-order valence-electron chi connectivity index (χ3n) is 3.83. The first kappa shape index (κ1) is 15.5. The molecule has 2 aromatic rings. The predicted molar refractivity (Wildman–Crippen MR) is 87.1 cm³/mol. The first-order valence-electron chi connectivity index (χ1n) is 7.40. The number of rotatable bonds is 3. The highest BCUT2D eigenvalue weighted by atomic mass is 35.5. The Labute approximate surface area is 139 Å². The number of piperidine rings is 1. The third kappa shape index (κ3) is 3.68. The van der Waals surface area contributed by atoms with Crippen LogP contribution in [0.2, 0.25) is 5.02 Å². The van der Waals surface area contributed by atoms with Gasteiger partial charge >= 0.3 is 0 Å². The molecule has 0 spiro atoms. The second kappa shape index (κ2) is 6.79. The van der Waals surface area contributed by atoms with Gasteiger partial charge in [0.05, 0.1) is 12.1 Å². The Hall–Kier alpha value is -2.40. The number of hydrogen-bond acceptors (Lipinski definition) is 3. The zero-order chi connectivity index (χ0) is 16.2. The van der Waals surface area contributed by atoms with E-state index in [2.05, 4.69) is 15.6 Å².